The Morgan fingerprint density at radius 3 is 2.37 bits per heavy atom. The fourth-order valence-corrected chi connectivity index (χ4v) is 5.04. The highest BCUT2D eigenvalue weighted by Gasteiger charge is 2.43. The van der Waals surface area contributed by atoms with Crippen molar-refractivity contribution in [3.05, 3.63) is 47.7 Å². The second kappa shape index (κ2) is 9.58. The van der Waals surface area contributed by atoms with Crippen LogP contribution in [-0.4, -0.2) is 50.0 Å². The van der Waals surface area contributed by atoms with Crippen LogP contribution < -0.4 is 15.0 Å². The van der Waals surface area contributed by atoms with Crippen LogP contribution in [0.25, 0.3) is 0 Å². The highest BCUT2D eigenvalue weighted by atomic mass is 19.4. The van der Waals surface area contributed by atoms with Crippen molar-refractivity contribution in [2.75, 3.05) is 23.3 Å². The highest BCUT2D eigenvalue weighted by molar-refractivity contribution is 5.42. The zero-order valence-corrected chi connectivity index (χ0v) is 19.9. The smallest absolute Gasteiger partial charge is 0.419 e. The number of aryl methyl sites for hydroxylation is 1. The Labute approximate surface area is 211 Å². The lowest BCUT2D eigenvalue weighted by Crippen LogP contribution is -2.48. The number of benzene rings is 1. The molecule has 1 saturated heterocycles. The van der Waals surface area contributed by atoms with E-state index in [0.717, 1.165) is 30.4 Å². The SMILES string of the molecule is Cc1cc(N2CC3CCC(C2)C3Nc2nc(Oc3ccc(F)c(C(F)(F)F)c3)n(CC(F)(F)F)n2)ncn1. The molecule has 204 valence electrons. The van der Waals surface area contributed by atoms with E-state index in [-0.39, 0.29) is 23.8 Å². The maximum atomic E-state index is 13.6. The Morgan fingerprint density at radius 1 is 1.03 bits per heavy atom. The number of halogens is 7. The molecule has 2 aliphatic rings. The van der Waals surface area contributed by atoms with Crippen molar-refractivity contribution in [3.63, 3.8) is 0 Å². The third-order valence-electron chi connectivity index (χ3n) is 6.66. The summed E-state index contributed by atoms with van der Waals surface area (Å²) in [6.07, 6.45) is -6.47. The fraction of sp³-hybridized carbons (Fsp3) is 0.478. The number of rotatable bonds is 6. The van der Waals surface area contributed by atoms with Crippen molar-refractivity contribution in [1.82, 2.24) is 24.7 Å². The molecule has 8 nitrogen and oxygen atoms in total. The lowest BCUT2D eigenvalue weighted by atomic mass is 9.92. The van der Waals surface area contributed by atoms with E-state index in [9.17, 15) is 30.7 Å². The van der Waals surface area contributed by atoms with Gasteiger partial charge < -0.3 is 15.0 Å². The second-order valence-electron chi connectivity index (χ2n) is 9.42. The van der Waals surface area contributed by atoms with Crippen LogP contribution in [0.2, 0.25) is 0 Å². The summed E-state index contributed by atoms with van der Waals surface area (Å²) >= 11 is 0. The predicted octanol–water partition coefficient (Wildman–Crippen LogP) is 5.22. The van der Waals surface area contributed by atoms with Gasteiger partial charge in [-0.3, -0.25) is 0 Å². The monoisotopic (exact) mass is 545 g/mol. The van der Waals surface area contributed by atoms with Crippen LogP contribution in [0, 0.1) is 24.6 Å². The Balaban J connectivity index is 1.36. The van der Waals surface area contributed by atoms with Crippen molar-refractivity contribution in [1.29, 1.82) is 0 Å². The standard InChI is InChI=1S/C23H22F7N7O/c1-12-6-18(32-11-31-12)36-8-13-2-3-14(9-36)19(13)33-20-34-21(37(35-20)10-22(25,26)27)38-15-4-5-17(24)16(7-15)23(28,29)30/h4-7,11,13-14,19H,2-3,8-10H2,1H3,(H,33,35). The summed E-state index contributed by atoms with van der Waals surface area (Å²) in [5, 5.41) is 6.99. The van der Waals surface area contributed by atoms with Gasteiger partial charge in [-0.1, -0.05) is 0 Å². The third kappa shape index (κ3) is 5.60. The molecule has 38 heavy (non-hydrogen) atoms. The Kier molecular flexibility index (Phi) is 6.55. The molecule has 0 radical (unpaired) electrons. The number of nitrogens with zero attached hydrogens (tertiary/aromatic N) is 6. The van der Waals surface area contributed by atoms with Gasteiger partial charge in [-0.2, -0.15) is 31.3 Å². The topological polar surface area (TPSA) is 81.0 Å². The molecule has 1 N–H and O–H groups in total. The molecule has 2 bridgehead atoms. The van der Waals surface area contributed by atoms with Crippen LogP contribution in [0.5, 0.6) is 11.8 Å². The van der Waals surface area contributed by atoms with Crippen LogP contribution in [-0.2, 0) is 12.7 Å². The van der Waals surface area contributed by atoms with E-state index in [4.69, 9.17) is 4.74 Å². The summed E-state index contributed by atoms with van der Waals surface area (Å²) in [5.41, 5.74) is -0.782. The first-order valence-corrected chi connectivity index (χ1v) is 11.7. The van der Waals surface area contributed by atoms with E-state index < -0.39 is 42.0 Å². The van der Waals surface area contributed by atoms with Gasteiger partial charge in [-0.15, -0.1) is 5.10 Å². The van der Waals surface area contributed by atoms with Crippen molar-refractivity contribution < 1.29 is 35.5 Å². The summed E-state index contributed by atoms with van der Waals surface area (Å²) < 4.78 is 98.1. The average molecular weight is 545 g/mol. The Bertz CT molecular complexity index is 1300. The highest BCUT2D eigenvalue weighted by Crippen LogP contribution is 2.40. The zero-order chi connectivity index (χ0) is 27.2. The second-order valence-corrected chi connectivity index (χ2v) is 9.42. The number of piperidine rings is 1. The van der Waals surface area contributed by atoms with Crippen LogP contribution in [0.15, 0.2) is 30.6 Å². The van der Waals surface area contributed by atoms with Gasteiger partial charge in [0.2, 0.25) is 5.95 Å². The number of ether oxygens (including phenoxy) is 1. The van der Waals surface area contributed by atoms with Gasteiger partial charge >= 0.3 is 18.4 Å². The van der Waals surface area contributed by atoms with Gasteiger partial charge in [-0.05, 0) is 49.8 Å². The molecule has 5 rings (SSSR count). The number of hydrogen-bond donors (Lipinski definition) is 1. The maximum Gasteiger partial charge on any atom is 0.419 e. The summed E-state index contributed by atoms with van der Waals surface area (Å²) in [7, 11) is 0. The van der Waals surface area contributed by atoms with Gasteiger partial charge in [0.25, 0.3) is 0 Å². The number of anilines is 2. The predicted molar refractivity (Wildman–Crippen MR) is 120 cm³/mol. The summed E-state index contributed by atoms with van der Waals surface area (Å²) in [6, 6.07) is 2.83. The third-order valence-corrected chi connectivity index (χ3v) is 6.66. The van der Waals surface area contributed by atoms with Crippen molar-refractivity contribution in [2.45, 2.75) is 44.7 Å². The molecule has 3 heterocycles. The first-order chi connectivity index (χ1) is 17.9. The first-order valence-electron chi connectivity index (χ1n) is 11.7. The lowest BCUT2D eigenvalue weighted by Gasteiger charge is -2.38. The van der Waals surface area contributed by atoms with Gasteiger partial charge in [0.1, 0.15) is 30.3 Å². The van der Waals surface area contributed by atoms with Crippen molar-refractivity contribution in [3.8, 4) is 11.8 Å². The van der Waals surface area contributed by atoms with E-state index in [1.54, 1.807) is 0 Å². The van der Waals surface area contributed by atoms with E-state index in [1.807, 2.05) is 13.0 Å². The van der Waals surface area contributed by atoms with Crippen LogP contribution in [0.3, 0.4) is 0 Å². The molecule has 2 aromatic heterocycles. The molecule has 15 heteroatoms. The summed E-state index contributed by atoms with van der Waals surface area (Å²) in [5.74, 6) is -1.15. The number of aromatic nitrogens is 5. The molecule has 2 fully saturated rings. The minimum absolute atomic E-state index is 0.133. The molecular weight excluding hydrogens is 523 g/mol. The molecule has 1 aliphatic carbocycles. The molecule has 1 aliphatic heterocycles. The summed E-state index contributed by atoms with van der Waals surface area (Å²) in [4.78, 5) is 14.6. The first kappa shape index (κ1) is 26.0. The number of nitrogens with one attached hydrogen (secondary N) is 1. The molecule has 1 saturated carbocycles. The quantitative estimate of drug-likeness (QED) is 0.426. The number of fused-ring (bicyclic) bond motifs is 2. The molecule has 2 unspecified atom stereocenters. The maximum absolute atomic E-state index is 13.6. The number of alkyl halides is 6. The normalized spacial score (nSPS) is 21.6. The largest absolute Gasteiger partial charge is 0.424 e. The Morgan fingerprint density at radius 2 is 1.74 bits per heavy atom. The van der Waals surface area contributed by atoms with E-state index >= 15 is 0 Å². The van der Waals surface area contributed by atoms with Gasteiger partial charge in [0, 0.05) is 30.9 Å². The van der Waals surface area contributed by atoms with Crippen molar-refractivity contribution in [2.24, 2.45) is 11.8 Å². The minimum Gasteiger partial charge on any atom is -0.424 e. The van der Waals surface area contributed by atoms with Crippen molar-refractivity contribution >= 4 is 11.8 Å². The Hall–Kier alpha value is -3.65. The molecular formula is C23H22F7N7O. The summed E-state index contributed by atoms with van der Waals surface area (Å²) in [6.45, 7) is 1.61. The van der Waals surface area contributed by atoms with Gasteiger partial charge in [-0.25, -0.2) is 19.0 Å². The molecule has 3 aromatic rings. The van der Waals surface area contributed by atoms with Gasteiger partial charge in [0.05, 0.1) is 5.56 Å². The fourth-order valence-electron chi connectivity index (χ4n) is 5.04. The minimum atomic E-state index is -5.02. The van der Waals surface area contributed by atoms with E-state index in [2.05, 4.69) is 30.3 Å². The number of hydrogen-bond acceptors (Lipinski definition) is 7. The molecule has 0 spiro atoms. The van der Waals surface area contributed by atoms with E-state index in [1.165, 1.54) is 6.33 Å². The van der Waals surface area contributed by atoms with Crippen LogP contribution >= 0.6 is 0 Å². The zero-order valence-electron chi connectivity index (χ0n) is 19.9. The average Bonchev–Trinajstić information content (AvgIpc) is 3.27. The molecule has 0 amide bonds. The molecule has 1 aromatic carbocycles. The van der Waals surface area contributed by atoms with Crippen LogP contribution in [0.1, 0.15) is 24.1 Å². The van der Waals surface area contributed by atoms with E-state index in [0.29, 0.717) is 29.9 Å². The molecule has 2 atom stereocenters. The van der Waals surface area contributed by atoms with Crippen LogP contribution in [0.4, 0.5) is 42.5 Å². The van der Waals surface area contributed by atoms with Gasteiger partial charge in [0.15, 0.2) is 0 Å². The lowest BCUT2D eigenvalue weighted by molar-refractivity contribution is -0.143.